The van der Waals surface area contributed by atoms with E-state index in [-0.39, 0.29) is 0 Å². The van der Waals surface area contributed by atoms with E-state index in [0.29, 0.717) is 19.4 Å². The van der Waals surface area contributed by atoms with Gasteiger partial charge in [-0.15, -0.1) is 0 Å². The lowest BCUT2D eigenvalue weighted by atomic mass is 10.1. The molecule has 3 rings (SSSR count). The minimum absolute atomic E-state index is 0.454. The van der Waals surface area contributed by atoms with Gasteiger partial charge in [-0.1, -0.05) is 0 Å². The molecule has 0 spiro atoms. The summed E-state index contributed by atoms with van der Waals surface area (Å²) in [5.74, 6) is 0.883. The number of nitrogens with two attached hydrogens (primary N) is 1. The maximum Gasteiger partial charge on any atom is 0.212 e. The number of sulfonamides is 1. The second-order valence-electron chi connectivity index (χ2n) is 6.28. The van der Waals surface area contributed by atoms with E-state index in [1.165, 1.54) is 11.1 Å². The first-order valence-electron chi connectivity index (χ1n) is 7.85. The molecule has 7 heteroatoms. The summed E-state index contributed by atoms with van der Waals surface area (Å²) >= 11 is 0. The molecule has 0 bridgehead atoms. The number of primary sulfonamides is 1. The summed E-state index contributed by atoms with van der Waals surface area (Å²) < 4.78 is 23.2. The summed E-state index contributed by atoms with van der Waals surface area (Å²) in [7, 11) is -3.47. The highest BCUT2D eigenvalue weighted by Gasteiger charge is 2.26. The van der Waals surface area contributed by atoms with Crippen molar-refractivity contribution in [3.05, 3.63) is 29.6 Å². The van der Waals surface area contributed by atoms with Crippen molar-refractivity contribution in [1.29, 1.82) is 0 Å². The first-order valence-corrected chi connectivity index (χ1v) is 9.46. The summed E-state index contributed by atoms with van der Waals surface area (Å²) in [4.78, 5) is 11.0. The van der Waals surface area contributed by atoms with Gasteiger partial charge in [-0.25, -0.2) is 23.5 Å². The third-order valence-corrected chi connectivity index (χ3v) is 6.07. The number of rotatable bonds is 2. The fourth-order valence-electron chi connectivity index (χ4n) is 3.16. The van der Waals surface area contributed by atoms with E-state index in [1.807, 2.05) is 0 Å². The molecular formula is C16H22N4O2S. The summed E-state index contributed by atoms with van der Waals surface area (Å²) in [6.07, 6.45) is 3.51. The summed E-state index contributed by atoms with van der Waals surface area (Å²) in [6, 6.07) is 4.18. The molecule has 23 heavy (non-hydrogen) atoms. The molecule has 1 aromatic carbocycles. The molecule has 2 aromatic rings. The van der Waals surface area contributed by atoms with Gasteiger partial charge in [0.1, 0.15) is 12.1 Å². The molecule has 0 saturated carbocycles. The first-order chi connectivity index (χ1) is 10.9. The van der Waals surface area contributed by atoms with Crippen LogP contribution in [0, 0.1) is 13.8 Å². The van der Waals surface area contributed by atoms with Crippen LogP contribution in [-0.4, -0.2) is 36.7 Å². The molecule has 1 atom stereocenters. The highest BCUT2D eigenvalue weighted by atomic mass is 32.2. The molecule has 1 aliphatic heterocycles. The topological polar surface area (TPSA) is 89.2 Å². The van der Waals surface area contributed by atoms with Crippen LogP contribution in [0.15, 0.2) is 18.5 Å². The van der Waals surface area contributed by atoms with E-state index in [0.717, 1.165) is 29.7 Å². The minimum atomic E-state index is -3.47. The van der Waals surface area contributed by atoms with Gasteiger partial charge in [-0.05, 0) is 56.4 Å². The van der Waals surface area contributed by atoms with Crippen LogP contribution >= 0.6 is 0 Å². The Hall–Kier alpha value is -1.73. The van der Waals surface area contributed by atoms with Crippen molar-refractivity contribution in [2.24, 2.45) is 5.14 Å². The molecule has 2 N–H and O–H groups in total. The van der Waals surface area contributed by atoms with Crippen LogP contribution in [0.1, 0.15) is 30.4 Å². The molecule has 0 aliphatic carbocycles. The molecule has 124 valence electrons. The van der Waals surface area contributed by atoms with Gasteiger partial charge in [-0.3, -0.25) is 0 Å². The van der Waals surface area contributed by atoms with Crippen LogP contribution in [-0.2, 0) is 10.0 Å². The second-order valence-corrected chi connectivity index (χ2v) is 8.12. The Morgan fingerprint density at radius 3 is 2.61 bits per heavy atom. The first kappa shape index (κ1) is 16.1. The van der Waals surface area contributed by atoms with Crippen molar-refractivity contribution in [2.75, 3.05) is 18.0 Å². The quantitative estimate of drug-likeness (QED) is 0.906. The van der Waals surface area contributed by atoms with Gasteiger partial charge in [0.15, 0.2) is 0 Å². The number of anilines is 1. The van der Waals surface area contributed by atoms with Crippen LogP contribution in [0.3, 0.4) is 0 Å². The fourth-order valence-corrected chi connectivity index (χ4v) is 4.09. The molecular weight excluding hydrogens is 312 g/mol. The number of aromatic nitrogens is 2. The Kier molecular flexibility index (Phi) is 4.25. The lowest BCUT2D eigenvalue weighted by Crippen LogP contribution is -2.30. The Labute approximate surface area is 136 Å². The number of hydrogen-bond acceptors (Lipinski definition) is 5. The fraction of sp³-hybridized carbons (Fsp3) is 0.500. The Balaban J connectivity index is 1.96. The molecule has 0 radical (unpaired) electrons. The number of aryl methyl sites for hydroxylation is 2. The average Bonchev–Trinajstić information content (AvgIpc) is 2.73. The van der Waals surface area contributed by atoms with Gasteiger partial charge in [0, 0.05) is 18.5 Å². The van der Waals surface area contributed by atoms with Crippen molar-refractivity contribution in [3.8, 4) is 0 Å². The largest absolute Gasteiger partial charge is 0.356 e. The Bertz CT molecular complexity index is 835. The number of fused-ring (bicyclic) bond motifs is 1. The molecule has 2 heterocycles. The van der Waals surface area contributed by atoms with Crippen LogP contribution in [0.25, 0.3) is 10.9 Å². The summed E-state index contributed by atoms with van der Waals surface area (Å²) in [5, 5.41) is 5.88. The van der Waals surface area contributed by atoms with Crippen molar-refractivity contribution in [2.45, 2.75) is 38.4 Å². The van der Waals surface area contributed by atoms with Gasteiger partial charge in [0.2, 0.25) is 10.0 Å². The smallest absolute Gasteiger partial charge is 0.212 e. The van der Waals surface area contributed by atoms with Crippen molar-refractivity contribution >= 4 is 26.7 Å². The maximum atomic E-state index is 11.6. The van der Waals surface area contributed by atoms with Crippen LogP contribution < -0.4 is 10.0 Å². The van der Waals surface area contributed by atoms with Gasteiger partial charge in [0.25, 0.3) is 0 Å². The zero-order valence-electron chi connectivity index (χ0n) is 13.5. The summed E-state index contributed by atoms with van der Waals surface area (Å²) in [6.45, 7) is 5.56. The van der Waals surface area contributed by atoms with E-state index in [4.69, 9.17) is 5.14 Å². The third kappa shape index (κ3) is 3.30. The SMILES string of the molecule is Cc1cc2ncnc(N3CCCC(S(N)(=O)=O)CC3)c2cc1C. The number of hydrogen-bond donors (Lipinski definition) is 1. The lowest BCUT2D eigenvalue weighted by molar-refractivity contribution is 0.568. The molecule has 1 fully saturated rings. The predicted molar refractivity (Wildman–Crippen MR) is 92.0 cm³/mol. The van der Waals surface area contributed by atoms with E-state index in [1.54, 1.807) is 6.33 Å². The van der Waals surface area contributed by atoms with Crippen molar-refractivity contribution in [1.82, 2.24) is 9.97 Å². The lowest BCUT2D eigenvalue weighted by Gasteiger charge is -2.23. The second kappa shape index (κ2) is 6.05. The van der Waals surface area contributed by atoms with E-state index >= 15 is 0 Å². The van der Waals surface area contributed by atoms with Gasteiger partial charge < -0.3 is 4.90 Å². The van der Waals surface area contributed by atoms with Gasteiger partial charge >= 0.3 is 0 Å². The van der Waals surface area contributed by atoms with Crippen LogP contribution in [0.5, 0.6) is 0 Å². The van der Waals surface area contributed by atoms with E-state index < -0.39 is 15.3 Å². The van der Waals surface area contributed by atoms with Crippen molar-refractivity contribution in [3.63, 3.8) is 0 Å². The highest BCUT2D eigenvalue weighted by molar-refractivity contribution is 7.89. The molecule has 1 aliphatic rings. The Morgan fingerprint density at radius 1 is 1.13 bits per heavy atom. The molecule has 1 aromatic heterocycles. The average molecular weight is 334 g/mol. The summed E-state index contributed by atoms with van der Waals surface area (Å²) in [5.41, 5.74) is 3.32. The molecule has 6 nitrogen and oxygen atoms in total. The monoisotopic (exact) mass is 334 g/mol. The zero-order valence-corrected chi connectivity index (χ0v) is 14.3. The minimum Gasteiger partial charge on any atom is -0.356 e. The third-order valence-electron chi connectivity index (χ3n) is 4.67. The Morgan fingerprint density at radius 2 is 1.87 bits per heavy atom. The van der Waals surface area contributed by atoms with E-state index in [9.17, 15) is 8.42 Å². The van der Waals surface area contributed by atoms with E-state index in [2.05, 4.69) is 40.8 Å². The molecule has 1 unspecified atom stereocenters. The zero-order chi connectivity index (χ0) is 16.6. The molecule has 0 amide bonds. The van der Waals surface area contributed by atoms with Crippen molar-refractivity contribution < 1.29 is 8.42 Å². The maximum absolute atomic E-state index is 11.6. The molecule has 1 saturated heterocycles. The number of benzene rings is 1. The van der Waals surface area contributed by atoms with Crippen LogP contribution in [0.4, 0.5) is 5.82 Å². The number of nitrogens with zero attached hydrogens (tertiary/aromatic N) is 3. The normalized spacial score (nSPS) is 19.8. The predicted octanol–water partition coefficient (Wildman–Crippen LogP) is 1.89. The highest BCUT2D eigenvalue weighted by Crippen LogP contribution is 2.28. The standard InChI is InChI=1S/C16H22N4O2S/c1-11-8-14-15(9-12(11)2)18-10-19-16(14)20-6-3-4-13(5-7-20)23(17,21)22/h8-10,13H,3-7H2,1-2H3,(H2,17,21,22). The van der Waals surface area contributed by atoms with Gasteiger partial charge in [0.05, 0.1) is 10.8 Å². The van der Waals surface area contributed by atoms with Gasteiger partial charge in [-0.2, -0.15) is 0 Å². The van der Waals surface area contributed by atoms with Crippen LogP contribution in [0.2, 0.25) is 0 Å².